The van der Waals surface area contributed by atoms with Crippen molar-refractivity contribution >= 4 is 40.9 Å². The Balaban J connectivity index is 1.75. The third-order valence-corrected chi connectivity index (χ3v) is 4.70. The molecule has 2 aliphatic heterocycles. The van der Waals surface area contributed by atoms with E-state index in [0.717, 1.165) is 0 Å². The molecule has 0 unspecified atom stereocenters. The minimum Gasteiger partial charge on any atom is -0.383 e. The van der Waals surface area contributed by atoms with Crippen LogP contribution in [0.25, 0.3) is 22.9 Å². The molecule has 0 aromatic heterocycles. The Morgan fingerprint density at radius 1 is 0.773 bits per heavy atom. The van der Waals surface area contributed by atoms with Crippen LogP contribution in [0.4, 0.5) is 5.69 Å². The predicted molar refractivity (Wildman–Crippen MR) is 96.3 cm³/mol. The zero-order chi connectivity index (χ0) is 14.5. The number of benzene rings is 3. The number of rotatable bonds is 0. The summed E-state index contributed by atoms with van der Waals surface area (Å²) in [5, 5.41) is 2.64. The number of nitrogens with zero attached hydrogens (tertiary/aromatic N) is 1. The second-order valence-corrected chi connectivity index (χ2v) is 5.88. The molecule has 2 heterocycles. The van der Waals surface area contributed by atoms with Gasteiger partial charge in [-0.05, 0) is 45.7 Å². The van der Waals surface area contributed by atoms with E-state index in [-0.39, 0.29) is 0 Å². The van der Waals surface area contributed by atoms with Gasteiger partial charge in [0, 0.05) is 5.69 Å². The van der Waals surface area contributed by atoms with E-state index in [2.05, 4.69) is 89.8 Å². The van der Waals surface area contributed by atoms with Crippen molar-refractivity contribution in [3.63, 3.8) is 0 Å². The van der Waals surface area contributed by atoms with Gasteiger partial charge in [0.05, 0.1) is 0 Å². The fraction of sp³-hybridized carbons (Fsp3) is 0. The SMILES string of the molecule is C1=Cc2ccccc2N2C=Cc3c(ccc4ccccc34)B12. The van der Waals surface area contributed by atoms with Crippen LogP contribution in [0, 0.1) is 0 Å². The maximum atomic E-state index is 2.37. The van der Waals surface area contributed by atoms with Crippen molar-refractivity contribution in [1.82, 2.24) is 0 Å². The van der Waals surface area contributed by atoms with E-state index in [0.29, 0.717) is 6.85 Å². The quantitative estimate of drug-likeness (QED) is 0.560. The van der Waals surface area contributed by atoms with Gasteiger partial charge in [0.15, 0.2) is 0 Å². The first kappa shape index (κ1) is 11.9. The lowest BCUT2D eigenvalue weighted by Crippen LogP contribution is -2.49. The third kappa shape index (κ3) is 1.55. The Hall–Kier alpha value is -2.74. The molecule has 2 aliphatic rings. The van der Waals surface area contributed by atoms with E-state index in [4.69, 9.17) is 0 Å². The minimum atomic E-state index is 0.291. The van der Waals surface area contributed by atoms with E-state index in [9.17, 15) is 0 Å². The fourth-order valence-corrected chi connectivity index (χ4v) is 3.64. The summed E-state index contributed by atoms with van der Waals surface area (Å²) in [6, 6.07) is 21.7. The molecular formula is C20H14BN. The molecule has 0 N–H and O–H groups in total. The lowest BCUT2D eigenvalue weighted by Gasteiger charge is -2.35. The summed E-state index contributed by atoms with van der Waals surface area (Å²) in [5.41, 5.74) is 5.30. The highest BCUT2D eigenvalue weighted by atomic mass is 15.1. The van der Waals surface area contributed by atoms with E-state index in [1.165, 1.54) is 33.0 Å². The lowest BCUT2D eigenvalue weighted by molar-refractivity contribution is 1.37. The predicted octanol–water partition coefficient (Wildman–Crippen LogP) is 4.10. The van der Waals surface area contributed by atoms with Crippen molar-refractivity contribution in [1.29, 1.82) is 0 Å². The Kier molecular flexibility index (Phi) is 2.36. The topological polar surface area (TPSA) is 3.24 Å². The van der Waals surface area contributed by atoms with Gasteiger partial charge in [0.2, 0.25) is 0 Å². The molecule has 22 heavy (non-hydrogen) atoms. The van der Waals surface area contributed by atoms with Crippen molar-refractivity contribution in [2.45, 2.75) is 0 Å². The zero-order valence-electron chi connectivity index (χ0n) is 12.1. The summed E-state index contributed by atoms with van der Waals surface area (Å²) in [6.07, 6.45) is 6.72. The highest BCUT2D eigenvalue weighted by Crippen LogP contribution is 2.31. The van der Waals surface area contributed by atoms with Gasteiger partial charge in [-0.25, -0.2) is 0 Å². The van der Waals surface area contributed by atoms with E-state index in [1.807, 2.05) is 0 Å². The summed E-state index contributed by atoms with van der Waals surface area (Å²) in [5.74, 6) is 2.31. The molecule has 3 aromatic rings. The van der Waals surface area contributed by atoms with Gasteiger partial charge in [-0.2, -0.15) is 0 Å². The molecule has 0 saturated carbocycles. The highest BCUT2D eigenvalue weighted by Gasteiger charge is 2.30. The van der Waals surface area contributed by atoms with Crippen LogP contribution in [0.3, 0.4) is 0 Å². The van der Waals surface area contributed by atoms with E-state index >= 15 is 0 Å². The number of hydrogen-bond donors (Lipinski definition) is 0. The van der Waals surface area contributed by atoms with Crippen LogP contribution >= 0.6 is 0 Å². The molecule has 0 aliphatic carbocycles. The third-order valence-electron chi connectivity index (χ3n) is 4.70. The molecule has 5 rings (SSSR count). The first-order chi connectivity index (χ1) is 10.9. The average molecular weight is 279 g/mol. The summed E-state index contributed by atoms with van der Waals surface area (Å²) in [6.45, 7) is 0.291. The second kappa shape index (κ2) is 4.38. The molecule has 0 radical (unpaired) electrons. The Bertz CT molecular complexity index is 955. The van der Waals surface area contributed by atoms with Crippen LogP contribution in [0.5, 0.6) is 0 Å². The first-order valence-corrected chi connectivity index (χ1v) is 7.67. The molecule has 0 spiro atoms. The molecule has 0 fully saturated rings. The van der Waals surface area contributed by atoms with Crippen LogP contribution in [0.1, 0.15) is 11.1 Å². The van der Waals surface area contributed by atoms with Crippen molar-refractivity contribution in [2.24, 2.45) is 0 Å². The smallest absolute Gasteiger partial charge is 0.320 e. The molecular weight excluding hydrogens is 265 g/mol. The molecule has 0 amide bonds. The summed E-state index contributed by atoms with van der Waals surface area (Å²) in [4.78, 5) is 2.37. The van der Waals surface area contributed by atoms with Crippen molar-refractivity contribution in [2.75, 3.05) is 4.81 Å². The van der Waals surface area contributed by atoms with Crippen molar-refractivity contribution in [3.05, 3.63) is 84.0 Å². The zero-order valence-corrected chi connectivity index (χ0v) is 12.1. The Morgan fingerprint density at radius 3 is 2.64 bits per heavy atom. The molecule has 102 valence electrons. The average Bonchev–Trinajstić information content (AvgIpc) is 2.60. The fourth-order valence-electron chi connectivity index (χ4n) is 3.64. The lowest BCUT2D eigenvalue weighted by atomic mass is 9.50. The normalized spacial score (nSPS) is 14.7. The summed E-state index contributed by atoms with van der Waals surface area (Å²) in [7, 11) is 0. The Labute approximate surface area is 130 Å². The van der Waals surface area contributed by atoms with Crippen molar-refractivity contribution < 1.29 is 0 Å². The number of fused-ring (bicyclic) bond motifs is 7. The van der Waals surface area contributed by atoms with Gasteiger partial charge in [-0.3, -0.25) is 0 Å². The van der Waals surface area contributed by atoms with Crippen LogP contribution in [-0.2, 0) is 0 Å². The molecule has 0 atom stereocenters. The number of para-hydroxylation sites is 1. The van der Waals surface area contributed by atoms with Crippen LogP contribution in [0.15, 0.2) is 72.8 Å². The van der Waals surface area contributed by atoms with Crippen LogP contribution < -0.4 is 10.3 Å². The molecule has 0 bridgehead atoms. The highest BCUT2D eigenvalue weighted by molar-refractivity contribution is 6.83. The molecule has 1 nitrogen and oxygen atoms in total. The maximum Gasteiger partial charge on any atom is 0.320 e. The minimum absolute atomic E-state index is 0.291. The van der Waals surface area contributed by atoms with Gasteiger partial charge in [0.25, 0.3) is 0 Å². The van der Waals surface area contributed by atoms with Gasteiger partial charge < -0.3 is 4.81 Å². The largest absolute Gasteiger partial charge is 0.383 e. The van der Waals surface area contributed by atoms with E-state index in [1.54, 1.807) is 0 Å². The molecule has 3 aromatic carbocycles. The molecule has 0 saturated heterocycles. The summed E-state index contributed by atoms with van der Waals surface area (Å²) >= 11 is 0. The molecule has 2 heteroatoms. The van der Waals surface area contributed by atoms with Crippen LogP contribution in [-0.4, -0.2) is 6.85 Å². The maximum absolute atomic E-state index is 2.37. The van der Waals surface area contributed by atoms with Crippen LogP contribution in [0.2, 0.25) is 0 Å². The second-order valence-electron chi connectivity index (χ2n) is 5.88. The number of anilines is 1. The van der Waals surface area contributed by atoms with Gasteiger partial charge in [-0.1, -0.05) is 66.6 Å². The van der Waals surface area contributed by atoms with Crippen molar-refractivity contribution in [3.8, 4) is 0 Å². The summed E-state index contributed by atoms with van der Waals surface area (Å²) < 4.78 is 0. The van der Waals surface area contributed by atoms with Gasteiger partial charge in [0.1, 0.15) is 0 Å². The Morgan fingerprint density at radius 2 is 1.64 bits per heavy atom. The number of hydrogen-bond acceptors (Lipinski definition) is 1. The first-order valence-electron chi connectivity index (χ1n) is 7.67. The van der Waals surface area contributed by atoms with Gasteiger partial charge >= 0.3 is 6.85 Å². The monoisotopic (exact) mass is 279 g/mol. The van der Waals surface area contributed by atoms with Gasteiger partial charge in [-0.15, -0.1) is 0 Å². The van der Waals surface area contributed by atoms with E-state index < -0.39 is 0 Å². The standard InChI is InChI=1S/C20H14BN/c1-3-7-17-15(5-1)9-10-19-18(17)12-14-22-20-8-4-2-6-16(20)11-13-21(19)22/h1-14H.